The van der Waals surface area contributed by atoms with Crippen LogP contribution in [-0.2, 0) is 0 Å². The van der Waals surface area contributed by atoms with Gasteiger partial charge >= 0.3 is 0 Å². The van der Waals surface area contributed by atoms with Crippen molar-refractivity contribution in [3.63, 3.8) is 0 Å². The summed E-state index contributed by atoms with van der Waals surface area (Å²) in [4.78, 5) is 26.2. The second-order valence-corrected chi connectivity index (χ2v) is 8.48. The van der Waals surface area contributed by atoms with Gasteiger partial charge < -0.3 is 16.0 Å². The maximum Gasteiger partial charge on any atom is 0.255 e. The smallest absolute Gasteiger partial charge is 0.255 e. The highest BCUT2D eigenvalue weighted by Crippen LogP contribution is 2.28. The van der Waals surface area contributed by atoms with Gasteiger partial charge in [-0.25, -0.2) is 4.98 Å². The van der Waals surface area contributed by atoms with Gasteiger partial charge in [-0.1, -0.05) is 18.2 Å². The number of carbonyl (C=O) groups is 1. The largest absolute Gasteiger partial charge is 0.368 e. The number of rotatable bonds is 6. The van der Waals surface area contributed by atoms with E-state index in [0.29, 0.717) is 5.56 Å². The van der Waals surface area contributed by atoms with Gasteiger partial charge in [-0.05, 0) is 48.9 Å². The molecule has 0 saturated heterocycles. The number of amidine groups is 1. The topological polar surface area (TPSA) is 91.3 Å². The van der Waals surface area contributed by atoms with Crippen LogP contribution in [0.15, 0.2) is 77.4 Å². The molecular weight excluding hydrogens is 432 g/mol. The highest BCUT2D eigenvalue weighted by Gasteiger charge is 2.13. The third-order valence-electron chi connectivity index (χ3n) is 5.27. The van der Waals surface area contributed by atoms with Gasteiger partial charge in [-0.2, -0.15) is 0 Å². The van der Waals surface area contributed by atoms with Gasteiger partial charge in [0.2, 0.25) is 0 Å². The van der Waals surface area contributed by atoms with Crippen molar-refractivity contribution >= 4 is 39.6 Å². The predicted molar refractivity (Wildman–Crippen MR) is 134 cm³/mol. The molecule has 0 spiro atoms. The molecule has 3 N–H and O–H groups in total. The van der Waals surface area contributed by atoms with E-state index >= 15 is 0 Å². The summed E-state index contributed by atoms with van der Waals surface area (Å²) in [5.41, 5.74) is 5.95. The van der Waals surface area contributed by atoms with E-state index in [4.69, 9.17) is 0 Å². The molecule has 3 heterocycles. The molecule has 0 unspecified atom stereocenters. The number of carbonyl (C=O) groups excluding carboxylic acids is 1. The van der Waals surface area contributed by atoms with Gasteiger partial charge in [0.25, 0.3) is 5.91 Å². The van der Waals surface area contributed by atoms with Crippen LogP contribution in [0, 0.1) is 6.92 Å². The quantitative estimate of drug-likeness (QED) is 0.387. The number of thiazole rings is 1. The van der Waals surface area contributed by atoms with Gasteiger partial charge in [0, 0.05) is 52.4 Å². The Hall–Kier alpha value is -4.04. The van der Waals surface area contributed by atoms with Crippen molar-refractivity contribution in [2.24, 2.45) is 4.99 Å². The highest BCUT2D eigenvalue weighted by atomic mass is 32.1. The van der Waals surface area contributed by atoms with Gasteiger partial charge in [-0.15, -0.1) is 11.3 Å². The maximum absolute atomic E-state index is 12.9. The molecule has 0 bridgehead atoms. The summed E-state index contributed by atoms with van der Waals surface area (Å²) < 4.78 is 0. The predicted octanol–water partition coefficient (Wildman–Crippen LogP) is 4.86. The summed E-state index contributed by atoms with van der Waals surface area (Å²) in [6.07, 6.45) is 3.53. The first-order valence-electron chi connectivity index (χ1n) is 10.6. The van der Waals surface area contributed by atoms with Crippen LogP contribution in [0.5, 0.6) is 0 Å². The summed E-state index contributed by atoms with van der Waals surface area (Å²) in [7, 11) is 0. The van der Waals surface area contributed by atoms with E-state index in [2.05, 4.69) is 30.9 Å². The molecule has 0 fully saturated rings. The molecule has 4 aromatic rings. The Balaban J connectivity index is 1.32. The molecule has 2 aromatic carbocycles. The number of aryl methyl sites for hydroxylation is 1. The van der Waals surface area contributed by atoms with Crippen LogP contribution in [0.4, 0.5) is 16.5 Å². The molecule has 1 aliphatic heterocycles. The summed E-state index contributed by atoms with van der Waals surface area (Å²) in [6.45, 7) is 3.61. The molecular formula is C25H22N6OS. The fourth-order valence-electron chi connectivity index (χ4n) is 3.53. The molecule has 2 aromatic heterocycles. The van der Waals surface area contributed by atoms with Crippen LogP contribution >= 0.6 is 11.3 Å². The Morgan fingerprint density at radius 3 is 2.82 bits per heavy atom. The summed E-state index contributed by atoms with van der Waals surface area (Å²) in [6, 6.07) is 17.2. The van der Waals surface area contributed by atoms with E-state index in [0.717, 1.165) is 57.8 Å². The number of pyridine rings is 1. The number of hydrogen-bond donors (Lipinski definition) is 3. The van der Waals surface area contributed by atoms with Crippen molar-refractivity contribution in [3.05, 3.63) is 89.1 Å². The first kappa shape index (κ1) is 20.8. The number of nitrogens with one attached hydrogen (secondary N) is 3. The van der Waals surface area contributed by atoms with Crippen LogP contribution in [-0.4, -0.2) is 34.8 Å². The van der Waals surface area contributed by atoms with E-state index in [1.54, 1.807) is 12.4 Å². The normalized spacial score (nSPS) is 12.7. The number of aromatic nitrogens is 2. The second-order valence-electron chi connectivity index (χ2n) is 7.63. The fraction of sp³-hybridized carbons (Fsp3) is 0.120. The minimum Gasteiger partial charge on any atom is -0.368 e. The Labute approximate surface area is 195 Å². The Morgan fingerprint density at radius 1 is 1.09 bits per heavy atom. The average Bonchev–Trinajstić information content (AvgIpc) is 3.54. The molecule has 0 radical (unpaired) electrons. The molecule has 8 heteroatoms. The van der Waals surface area contributed by atoms with E-state index in [9.17, 15) is 4.79 Å². The minimum atomic E-state index is -0.174. The number of amides is 1. The first-order chi connectivity index (χ1) is 16.2. The molecule has 5 rings (SSSR count). The SMILES string of the molecule is Cc1ccc(C(=O)Nc2cccc(C3=NCCN3)c2)cc1Nc1nc(-c2cccnc2)cs1. The molecule has 1 aliphatic rings. The Kier molecular flexibility index (Phi) is 5.82. The minimum absolute atomic E-state index is 0.174. The van der Waals surface area contributed by atoms with Gasteiger partial charge in [0.1, 0.15) is 5.84 Å². The third-order valence-corrected chi connectivity index (χ3v) is 6.03. The lowest BCUT2D eigenvalue weighted by Gasteiger charge is -2.11. The molecule has 0 saturated carbocycles. The van der Waals surface area contributed by atoms with Crippen molar-refractivity contribution in [1.82, 2.24) is 15.3 Å². The standard InChI is InChI=1S/C25H22N6OS/c1-16-7-8-18(24(32)29-20-6-2-4-17(12-20)23-27-10-11-28-23)13-21(16)30-25-31-22(15-33-25)19-5-3-9-26-14-19/h2-9,12-15H,10-11H2,1H3,(H,27,28)(H,29,32)(H,30,31). The van der Waals surface area contributed by atoms with E-state index in [1.807, 2.05) is 66.9 Å². The maximum atomic E-state index is 12.9. The van der Waals surface area contributed by atoms with Crippen molar-refractivity contribution in [2.45, 2.75) is 6.92 Å². The first-order valence-corrected chi connectivity index (χ1v) is 11.5. The zero-order valence-electron chi connectivity index (χ0n) is 18.0. The molecule has 164 valence electrons. The van der Waals surface area contributed by atoms with Gasteiger partial charge in [0.15, 0.2) is 5.13 Å². The van der Waals surface area contributed by atoms with Crippen LogP contribution in [0.1, 0.15) is 21.5 Å². The van der Waals surface area contributed by atoms with Crippen LogP contribution in [0.2, 0.25) is 0 Å². The second kappa shape index (κ2) is 9.22. The molecule has 33 heavy (non-hydrogen) atoms. The van der Waals surface area contributed by atoms with Crippen LogP contribution < -0.4 is 16.0 Å². The number of aliphatic imine (C=N–C) groups is 1. The van der Waals surface area contributed by atoms with E-state index < -0.39 is 0 Å². The Bertz CT molecular complexity index is 1330. The fourth-order valence-corrected chi connectivity index (χ4v) is 4.26. The summed E-state index contributed by atoms with van der Waals surface area (Å²) in [5, 5.41) is 12.3. The van der Waals surface area contributed by atoms with Gasteiger partial charge in [-0.3, -0.25) is 14.8 Å². The zero-order chi connectivity index (χ0) is 22.6. The van der Waals surface area contributed by atoms with E-state index in [1.165, 1.54) is 11.3 Å². The van der Waals surface area contributed by atoms with Crippen molar-refractivity contribution < 1.29 is 4.79 Å². The van der Waals surface area contributed by atoms with Crippen LogP contribution in [0.25, 0.3) is 11.3 Å². The number of benzene rings is 2. The average molecular weight is 455 g/mol. The molecule has 7 nitrogen and oxygen atoms in total. The molecule has 0 atom stereocenters. The van der Waals surface area contributed by atoms with Crippen molar-refractivity contribution in [3.8, 4) is 11.3 Å². The highest BCUT2D eigenvalue weighted by molar-refractivity contribution is 7.14. The number of nitrogens with zero attached hydrogens (tertiary/aromatic N) is 3. The third kappa shape index (κ3) is 4.75. The molecule has 0 aliphatic carbocycles. The monoisotopic (exact) mass is 454 g/mol. The summed E-state index contributed by atoms with van der Waals surface area (Å²) in [5.74, 6) is 0.689. The number of hydrogen-bond acceptors (Lipinski definition) is 7. The van der Waals surface area contributed by atoms with Gasteiger partial charge in [0.05, 0.1) is 12.2 Å². The van der Waals surface area contributed by atoms with Crippen molar-refractivity contribution in [2.75, 3.05) is 23.7 Å². The number of anilines is 3. The lowest BCUT2D eigenvalue weighted by Crippen LogP contribution is -2.20. The zero-order valence-corrected chi connectivity index (χ0v) is 18.8. The summed E-state index contributed by atoms with van der Waals surface area (Å²) >= 11 is 1.51. The Morgan fingerprint density at radius 2 is 2.00 bits per heavy atom. The molecule has 1 amide bonds. The van der Waals surface area contributed by atoms with E-state index in [-0.39, 0.29) is 5.91 Å². The van der Waals surface area contributed by atoms with Crippen molar-refractivity contribution in [1.29, 1.82) is 0 Å². The lowest BCUT2D eigenvalue weighted by molar-refractivity contribution is 0.102. The lowest BCUT2D eigenvalue weighted by atomic mass is 10.1. The van der Waals surface area contributed by atoms with Crippen LogP contribution in [0.3, 0.4) is 0 Å².